The average molecular weight is 562 g/mol. The maximum Gasteiger partial charge on any atom is 0.419 e. The van der Waals surface area contributed by atoms with Crippen molar-refractivity contribution < 1.29 is 54.2 Å². The molecule has 2 aromatic carbocycles. The summed E-state index contributed by atoms with van der Waals surface area (Å²) < 4.78 is 117. The number of ether oxygens (including phenoxy) is 2. The lowest BCUT2D eigenvalue weighted by atomic mass is 10.2. The smallest absolute Gasteiger partial charge is 0.419 e. The second-order valence-electron chi connectivity index (χ2n) is 7.94. The molecule has 0 bridgehead atoms. The second-order valence-corrected chi connectivity index (χ2v) is 7.94. The number of pyridine rings is 1. The summed E-state index contributed by atoms with van der Waals surface area (Å²) in [4.78, 5) is 29.7. The van der Waals surface area contributed by atoms with Crippen molar-refractivity contribution in [2.75, 3.05) is 4.90 Å². The van der Waals surface area contributed by atoms with E-state index in [4.69, 9.17) is 9.47 Å². The van der Waals surface area contributed by atoms with Crippen molar-refractivity contribution in [3.8, 4) is 23.1 Å². The van der Waals surface area contributed by atoms with E-state index in [2.05, 4.69) is 4.98 Å². The molecule has 0 unspecified atom stereocenters. The van der Waals surface area contributed by atoms with Crippen LogP contribution >= 0.6 is 0 Å². The number of benzene rings is 2. The number of imide groups is 1. The Kier molecular flexibility index (Phi) is 8.46. The maximum atomic E-state index is 13.7. The zero-order valence-electron chi connectivity index (χ0n) is 20.1. The number of hydrogen-bond acceptors (Lipinski definition) is 5. The normalized spacial score (nSPS) is 11.7. The molecule has 39 heavy (non-hydrogen) atoms. The molecule has 0 fully saturated rings. The molecule has 6 nitrogen and oxygen atoms in total. The predicted molar refractivity (Wildman–Crippen MR) is 120 cm³/mol. The fourth-order valence-corrected chi connectivity index (χ4v) is 3.37. The number of nitrogens with zero attached hydrogens (tertiary/aromatic N) is 2. The SMILES string of the molecule is CCCC(=O)N(C(C)=O)c1c(Oc2ccc(F)c(C(F)(F)F)c2)ccnc1Oc1ccc(F)c(C(F)(F)F)c1. The van der Waals surface area contributed by atoms with E-state index in [0.717, 1.165) is 31.3 Å². The Bertz CT molecular complexity index is 1310. The zero-order chi connectivity index (χ0) is 29.1. The summed E-state index contributed by atoms with van der Waals surface area (Å²) in [5.41, 5.74) is -3.90. The van der Waals surface area contributed by atoms with Crippen LogP contribution < -0.4 is 14.4 Å². The van der Waals surface area contributed by atoms with E-state index in [1.54, 1.807) is 6.92 Å². The minimum Gasteiger partial charge on any atom is -0.455 e. The van der Waals surface area contributed by atoms with Gasteiger partial charge in [-0.05, 0) is 42.8 Å². The molecule has 2 amide bonds. The average Bonchev–Trinajstić information content (AvgIpc) is 2.82. The number of rotatable bonds is 7. The van der Waals surface area contributed by atoms with Crippen molar-refractivity contribution in [2.24, 2.45) is 0 Å². The Morgan fingerprint density at radius 1 is 0.846 bits per heavy atom. The van der Waals surface area contributed by atoms with Crippen LogP contribution in [0.2, 0.25) is 0 Å². The third kappa shape index (κ3) is 6.81. The molecule has 0 atom stereocenters. The Balaban J connectivity index is 2.18. The topological polar surface area (TPSA) is 68.7 Å². The van der Waals surface area contributed by atoms with E-state index >= 15 is 0 Å². The number of carbonyl (C=O) groups excluding carboxylic acids is 2. The standard InChI is InChI=1S/C25H18F8N2O4/c1-3-4-21(37)35(13(2)36)22-20(38-14-5-7-18(26)16(11-14)24(28,29)30)9-10-34-23(22)39-15-6-8-19(27)17(12-15)25(31,32)33/h5-12H,3-4H2,1-2H3. The van der Waals surface area contributed by atoms with E-state index in [-0.39, 0.29) is 12.8 Å². The van der Waals surface area contributed by atoms with Crippen LogP contribution in [0, 0.1) is 11.6 Å². The fourth-order valence-electron chi connectivity index (χ4n) is 3.37. The number of aromatic nitrogens is 1. The lowest BCUT2D eigenvalue weighted by Crippen LogP contribution is -2.35. The molecule has 208 valence electrons. The van der Waals surface area contributed by atoms with Gasteiger partial charge in [0.25, 0.3) is 0 Å². The monoisotopic (exact) mass is 562 g/mol. The molecule has 3 aromatic rings. The highest BCUT2D eigenvalue weighted by molar-refractivity contribution is 6.15. The first-order valence-electron chi connectivity index (χ1n) is 11.0. The van der Waals surface area contributed by atoms with Gasteiger partial charge in [-0.15, -0.1) is 0 Å². The Hall–Kier alpha value is -4.23. The van der Waals surface area contributed by atoms with Gasteiger partial charge in [-0.2, -0.15) is 26.3 Å². The highest BCUT2D eigenvalue weighted by Crippen LogP contribution is 2.43. The first-order chi connectivity index (χ1) is 18.1. The summed E-state index contributed by atoms with van der Waals surface area (Å²) in [6.45, 7) is 2.58. The molecule has 1 heterocycles. The summed E-state index contributed by atoms with van der Waals surface area (Å²) in [5, 5.41) is 0. The van der Waals surface area contributed by atoms with Gasteiger partial charge >= 0.3 is 12.4 Å². The highest BCUT2D eigenvalue weighted by atomic mass is 19.4. The van der Waals surface area contributed by atoms with Crippen LogP contribution in [0.1, 0.15) is 37.8 Å². The van der Waals surface area contributed by atoms with Crippen LogP contribution in [0.3, 0.4) is 0 Å². The molecule has 0 saturated heterocycles. The van der Waals surface area contributed by atoms with Crippen molar-refractivity contribution in [1.82, 2.24) is 4.98 Å². The highest BCUT2D eigenvalue weighted by Gasteiger charge is 2.36. The van der Waals surface area contributed by atoms with Gasteiger partial charge in [-0.1, -0.05) is 6.92 Å². The molecule has 0 aliphatic carbocycles. The summed E-state index contributed by atoms with van der Waals surface area (Å²) in [5.74, 6) is -7.21. The first kappa shape index (κ1) is 29.3. The molecule has 0 saturated carbocycles. The summed E-state index contributed by atoms with van der Waals surface area (Å²) in [7, 11) is 0. The third-order valence-electron chi connectivity index (χ3n) is 5.03. The van der Waals surface area contributed by atoms with Gasteiger partial charge < -0.3 is 9.47 Å². The predicted octanol–water partition coefficient (Wildman–Crippen LogP) is 7.66. The van der Waals surface area contributed by atoms with Gasteiger partial charge in [0.05, 0.1) is 11.1 Å². The zero-order valence-corrected chi connectivity index (χ0v) is 20.1. The van der Waals surface area contributed by atoms with Crippen molar-refractivity contribution >= 4 is 17.5 Å². The lowest BCUT2D eigenvalue weighted by Gasteiger charge is -2.24. The van der Waals surface area contributed by atoms with E-state index in [9.17, 15) is 44.7 Å². The van der Waals surface area contributed by atoms with E-state index < -0.39 is 75.7 Å². The van der Waals surface area contributed by atoms with Gasteiger partial charge in [0.15, 0.2) is 11.4 Å². The van der Waals surface area contributed by atoms with Crippen LogP contribution in [0.15, 0.2) is 48.7 Å². The number of carbonyl (C=O) groups is 2. The summed E-state index contributed by atoms with van der Waals surface area (Å²) >= 11 is 0. The van der Waals surface area contributed by atoms with Gasteiger partial charge in [-0.3, -0.25) is 9.59 Å². The van der Waals surface area contributed by atoms with Crippen LogP contribution in [-0.4, -0.2) is 16.8 Å². The van der Waals surface area contributed by atoms with Crippen LogP contribution in [0.25, 0.3) is 0 Å². The van der Waals surface area contributed by atoms with Gasteiger partial charge in [-0.25, -0.2) is 18.7 Å². The Morgan fingerprint density at radius 2 is 1.36 bits per heavy atom. The molecular formula is C25H18F8N2O4. The van der Waals surface area contributed by atoms with Crippen LogP contribution in [-0.2, 0) is 21.9 Å². The van der Waals surface area contributed by atoms with Gasteiger partial charge in [0, 0.05) is 25.6 Å². The van der Waals surface area contributed by atoms with Crippen molar-refractivity contribution in [2.45, 2.75) is 39.0 Å². The summed E-state index contributed by atoms with van der Waals surface area (Å²) in [6, 6.07) is 4.32. The molecule has 1 aromatic heterocycles. The van der Waals surface area contributed by atoms with E-state index in [1.807, 2.05) is 0 Å². The largest absolute Gasteiger partial charge is 0.455 e. The van der Waals surface area contributed by atoms with Crippen LogP contribution in [0.5, 0.6) is 23.1 Å². The van der Waals surface area contributed by atoms with E-state index in [1.165, 1.54) is 0 Å². The maximum absolute atomic E-state index is 13.7. The minimum atomic E-state index is -5.09. The van der Waals surface area contributed by atoms with Gasteiger partial charge in [0.2, 0.25) is 17.7 Å². The number of halogens is 8. The molecule has 0 N–H and O–H groups in total. The number of hydrogen-bond donors (Lipinski definition) is 0. The molecule has 0 spiro atoms. The molecule has 0 aliphatic heterocycles. The van der Waals surface area contributed by atoms with Crippen molar-refractivity contribution in [3.63, 3.8) is 0 Å². The van der Waals surface area contributed by atoms with Crippen LogP contribution in [0.4, 0.5) is 40.8 Å². The number of amides is 2. The number of alkyl halides is 6. The summed E-state index contributed by atoms with van der Waals surface area (Å²) in [6.07, 6.45) is -9.14. The molecule has 3 rings (SSSR count). The van der Waals surface area contributed by atoms with E-state index in [0.29, 0.717) is 29.2 Å². The minimum absolute atomic E-state index is 0.198. The fraction of sp³-hybridized carbons (Fsp3) is 0.240. The first-order valence-corrected chi connectivity index (χ1v) is 11.0. The van der Waals surface area contributed by atoms with Gasteiger partial charge in [0.1, 0.15) is 23.1 Å². The Labute approximate surface area is 215 Å². The molecular weight excluding hydrogens is 544 g/mol. The Morgan fingerprint density at radius 3 is 1.82 bits per heavy atom. The van der Waals surface area contributed by atoms with Crippen molar-refractivity contribution in [3.05, 3.63) is 71.4 Å². The number of anilines is 1. The molecule has 0 aliphatic rings. The quantitative estimate of drug-likeness (QED) is 0.277. The third-order valence-corrected chi connectivity index (χ3v) is 5.03. The second kappa shape index (κ2) is 11.3. The molecule has 14 heteroatoms. The van der Waals surface area contributed by atoms with Crippen molar-refractivity contribution in [1.29, 1.82) is 0 Å². The molecule has 0 radical (unpaired) electrons. The lowest BCUT2D eigenvalue weighted by molar-refractivity contribution is -0.140.